The highest BCUT2D eigenvalue weighted by molar-refractivity contribution is 6.32. The quantitative estimate of drug-likeness (QED) is 0.594. The molecule has 1 aliphatic heterocycles. The predicted molar refractivity (Wildman–Crippen MR) is 94.8 cm³/mol. The summed E-state index contributed by atoms with van der Waals surface area (Å²) in [5.41, 5.74) is 4.14. The first-order chi connectivity index (χ1) is 11.5. The van der Waals surface area contributed by atoms with Gasteiger partial charge in [-0.15, -0.1) is 0 Å². The molecule has 2 aliphatic carbocycles. The maximum absolute atomic E-state index is 13.0. The van der Waals surface area contributed by atoms with Gasteiger partial charge in [0, 0.05) is 16.9 Å². The van der Waals surface area contributed by atoms with Gasteiger partial charge in [0.25, 0.3) is 0 Å². The fraction of sp³-hybridized carbons (Fsp3) is 0.400. The smallest absolute Gasteiger partial charge is 0.238 e. The average Bonchev–Trinajstić information content (AvgIpc) is 3.20. The van der Waals surface area contributed by atoms with Crippen LogP contribution < -0.4 is 4.90 Å². The molecule has 1 aromatic rings. The largest absolute Gasteiger partial charge is 0.274 e. The Labute approximate surface area is 147 Å². The van der Waals surface area contributed by atoms with Gasteiger partial charge in [-0.1, -0.05) is 47.9 Å². The van der Waals surface area contributed by atoms with Gasteiger partial charge in [0.05, 0.1) is 17.5 Å². The lowest BCUT2D eigenvalue weighted by atomic mass is 9.85. The van der Waals surface area contributed by atoms with E-state index in [4.69, 9.17) is 11.6 Å². The minimum absolute atomic E-state index is 0.0804. The molecular weight excluding hydrogens is 322 g/mol. The van der Waals surface area contributed by atoms with Gasteiger partial charge in [0.1, 0.15) is 0 Å². The van der Waals surface area contributed by atoms with Crippen molar-refractivity contribution >= 4 is 29.1 Å². The minimum Gasteiger partial charge on any atom is -0.274 e. The van der Waals surface area contributed by atoms with E-state index in [0.29, 0.717) is 10.7 Å². The summed E-state index contributed by atoms with van der Waals surface area (Å²) in [4.78, 5) is 27.4. The highest BCUT2D eigenvalue weighted by Crippen LogP contribution is 2.57. The summed E-state index contributed by atoms with van der Waals surface area (Å²) in [5, 5.41) is 0.577. The molecule has 0 radical (unpaired) electrons. The SMILES string of the molecule is CCC(C)=C1[C@@H]2C=C[C@@H]1[C@H]1C(=O)N(c3ccc(C)c(Cl)c3)C(=O)[C@@H]12. The van der Waals surface area contributed by atoms with E-state index in [-0.39, 0.29) is 35.5 Å². The number of nitrogens with zero attached hydrogens (tertiary/aromatic N) is 1. The van der Waals surface area contributed by atoms with Crippen LogP contribution >= 0.6 is 11.6 Å². The maximum Gasteiger partial charge on any atom is 0.238 e. The molecule has 0 spiro atoms. The first-order valence-electron chi connectivity index (χ1n) is 8.47. The summed E-state index contributed by atoms with van der Waals surface area (Å²) in [6, 6.07) is 5.38. The van der Waals surface area contributed by atoms with Gasteiger partial charge < -0.3 is 0 Å². The Morgan fingerprint density at radius 2 is 1.71 bits per heavy atom. The zero-order chi connectivity index (χ0) is 17.2. The lowest BCUT2D eigenvalue weighted by molar-refractivity contribution is -0.122. The minimum atomic E-state index is -0.246. The third-order valence-corrected chi connectivity index (χ3v) is 6.26. The van der Waals surface area contributed by atoms with Gasteiger partial charge in [-0.3, -0.25) is 9.59 Å². The van der Waals surface area contributed by atoms with Crippen molar-refractivity contribution in [1.82, 2.24) is 0 Å². The number of hydrogen-bond acceptors (Lipinski definition) is 2. The summed E-state index contributed by atoms with van der Waals surface area (Å²) in [7, 11) is 0. The lowest BCUT2D eigenvalue weighted by Crippen LogP contribution is -2.33. The number of anilines is 1. The summed E-state index contributed by atoms with van der Waals surface area (Å²) in [6.07, 6.45) is 5.21. The van der Waals surface area contributed by atoms with E-state index >= 15 is 0 Å². The Morgan fingerprint density at radius 3 is 2.21 bits per heavy atom. The molecule has 1 aromatic carbocycles. The van der Waals surface area contributed by atoms with E-state index < -0.39 is 0 Å². The molecule has 4 heteroatoms. The second-order valence-electron chi connectivity index (χ2n) is 7.02. The number of benzene rings is 1. The Balaban J connectivity index is 1.75. The molecule has 0 aromatic heterocycles. The van der Waals surface area contributed by atoms with E-state index in [2.05, 4.69) is 26.0 Å². The molecule has 0 unspecified atom stereocenters. The number of imide groups is 1. The topological polar surface area (TPSA) is 37.4 Å². The van der Waals surface area contributed by atoms with Gasteiger partial charge in [0.2, 0.25) is 11.8 Å². The highest BCUT2D eigenvalue weighted by atomic mass is 35.5. The van der Waals surface area contributed by atoms with Gasteiger partial charge in [0.15, 0.2) is 0 Å². The molecule has 1 heterocycles. The monoisotopic (exact) mass is 341 g/mol. The van der Waals surface area contributed by atoms with Crippen molar-refractivity contribution in [2.24, 2.45) is 23.7 Å². The van der Waals surface area contributed by atoms with E-state index in [1.807, 2.05) is 13.0 Å². The molecule has 124 valence electrons. The van der Waals surface area contributed by atoms with Crippen LogP contribution in [0.3, 0.4) is 0 Å². The predicted octanol–water partition coefficient (Wildman–Crippen LogP) is 4.30. The highest BCUT2D eigenvalue weighted by Gasteiger charge is 2.62. The molecule has 2 amide bonds. The van der Waals surface area contributed by atoms with Crippen molar-refractivity contribution in [2.45, 2.75) is 27.2 Å². The standard InChI is InChI=1S/C20H20ClNO2/c1-4-10(2)16-13-7-8-14(16)18-17(13)19(23)22(20(18)24)12-6-5-11(3)15(21)9-12/h5-9,13-14,17-18H,4H2,1-3H3/t13-,14-,17+,18+/m0/s1. The van der Waals surface area contributed by atoms with E-state index in [9.17, 15) is 9.59 Å². The fourth-order valence-electron chi connectivity index (χ4n) is 4.51. The molecule has 3 aliphatic rings. The van der Waals surface area contributed by atoms with Gasteiger partial charge in [-0.25, -0.2) is 4.90 Å². The van der Waals surface area contributed by atoms with E-state index in [0.717, 1.165) is 12.0 Å². The van der Waals surface area contributed by atoms with Crippen molar-refractivity contribution in [3.05, 3.63) is 52.1 Å². The average molecular weight is 342 g/mol. The van der Waals surface area contributed by atoms with Crippen molar-refractivity contribution < 1.29 is 9.59 Å². The second kappa shape index (κ2) is 5.32. The summed E-state index contributed by atoms with van der Waals surface area (Å²) in [5.74, 6) is -0.482. The van der Waals surface area contributed by atoms with Crippen LogP contribution in [0.4, 0.5) is 5.69 Å². The van der Waals surface area contributed by atoms with Crippen molar-refractivity contribution in [3.63, 3.8) is 0 Å². The molecule has 1 saturated heterocycles. The third kappa shape index (κ3) is 1.91. The Morgan fingerprint density at radius 1 is 1.12 bits per heavy atom. The molecule has 0 N–H and O–H groups in total. The molecular formula is C20H20ClNO2. The second-order valence-corrected chi connectivity index (χ2v) is 7.43. The summed E-state index contributed by atoms with van der Waals surface area (Å²) < 4.78 is 0. The lowest BCUT2D eigenvalue weighted by Gasteiger charge is -2.20. The molecule has 2 fully saturated rings. The van der Waals surface area contributed by atoms with Gasteiger partial charge in [-0.2, -0.15) is 0 Å². The van der Waals surface area contributed by atoms with Crippen LogP contribution in [0.5, 0.6) is 0 Å². The molecule has 4 atom stereocenters. The normalized spacial score (nSPS) is 30.5. The number of allylic oxidation sites excluding steroid dienone is 4. The van der Waals surface area contributed by atoms with Gasteiger partial charge in [-0.05, 0) is 38.0 Å². The summed E-state index contributed by atoms with van der Waals surface area (Å²) >= 11 is 6.19. The first-order valence-corrected chi connectivity index (χ1v) is 8.85. The Bertz CT molecular complexity index is 789. The van der Waals surface area contributed by atoms with Crippen LogP contribution in [0.15, 0.2) is 41.5 Å². The van der Waals surface area contributed by atoms with Crippen LogP contribution in [0.1, 0.15) is 25.8 Å². The first kappa shape index (κ1) is 15.6. The third-order valence-electron chi connectivity index (χ3n) is 5.85. The van der Waals surface area contributed by atoms with Crippen molar-refractivity contribution in [3.8, 4) is 0 Å². The maximum atomic E-state index is 13.0. The van der Waals surface area contributed by atoms with Crippen molar-refractivity contribution in [2.75, 3.05) is 4.90 Å². The van der Waals surface area contributed by atoms with Crippen molar-refractivity contribution in [1.29, 1.82) is 0 Å². The summed E-state index contributed by atoms with van der Waals surface area (Å²) in [6.45, 7) is 6.15. The number of rotatable bonds is 2. The number of halogens is 1. The zero-order valence-corrected chi connectivity index (χ0v) is 14.8. The van der Waals surface area contributed by atoms with Crippen LogP contribution in [0, 0.1) is 30.6 Å². The number of amides is 2. The number of hydrogen-bond donors (Lipinski definition) is 0. The van der Waals surface area contributed by atoms with Crippen LogP contribution in [0.2, 0.25) is 5.02 Å². The molecule has 3 nitrogen and oxygen atoms in total. The molecule has 2 bridgehead atoms. The Kier molecular flexibility index (Phi) is 3.47. The van der Waals surface area contributed by atoms with E-state index in [1.165, 1.54) is 16.0 Å². The number of fused-ring (bicyclic) bond motifs is 5. The number of carbonyl (C=O) groups is 2. The Hall–Kier alpha value is -1.87. The molecule has 1 saturated carbocycles. The fourth-order valence-corrected chi connectivity index (χ4v) is 4.69. The molecule has 4 rings (SSSR count). The van der Waals surface area contributed by atoms with Crippen LogP contribution in [0.25, 0.3) is 0 Å². The van der Waals surface area contributed by atoms with Crippen LogP contribution in [-0.4, -0.2) is 11.8 Å². The number of aryl methyl sites for hydroxylation is 1. The molecule has 24 heavy (non-hydrogen) atoms. The zero-order valence-electron chi connectivity index (χ0n) is 14.0. The number of carbonyl (C=O) groups excluding carboxylic acids is 2. The van der Waals surface area contributed by atoms with Crippen LogP contribution in [-0.2, 0) is 9.59 Å². The van der Waals surface area contributed by atoms with Gasteiger partial charge >= 0.3 is 0 Å². The van der Waals surface area contributed by atoms with E-state index in [1.54, 1.807) is 12.1 Å².